The summed E-state index contributed by atoms with van der Waals surface area (Å²) in [6.45, 7) is 4.26. The Hall–Kier alpha value is 0.500. The van der Waals surface area contributed by atoms with Gasteiger partial charge >= 0.3 is 0 Å². The standard InChI is InChI=1S/C12H24Cl2O2/c1-3-5-12(10-13,11-14)6-4-7-16-9-8-15-2/h3-11H2,1-2H3. The molecule has 0 atom stereocenters. The van der Waals surface area contributed by atoms with Crippen LogP contribution in [0.25, 0.3) is 0 Å². The first-order valence-corrected chi connectivity index (χ1v) is 7.00. The van der Waals surface area contributed by atoms with Crippen LogP contribution in [-0.4, -0.2) is 38.7 Å². The summed E-state index contributed by atoms with van der Waals surface area (Å²) in [4.78, 5) is 0. The SMILES string of the molecule is CCCC(CCl)(CCl)CCCOCCOC. The molecule has 0 saturated heterocycles. The van der Waals surface area contributed by atoms with E-state index in [-0.39, 0.29) is 5.41 Å². The molecule has 0 N–H and O–H groups in total. The van der Waals surface area contributed by atoms with Crippen molar-refractivity contribution in [3.63, 3.8) is 0 Å². The quantitative estimate of drug-likeness (QED) is 0.421. The van der Waals surface area contributed by atoms with E-state index in [1.165, 1.54) is 0 Å². The summed E-state index contributed by atoms with van der Waals surface area (Å²) in [5, 5.41) is 0. The van der Waals surface area contributed by atoms with Gasteiger partial charge in [-0.15, -0.1) is 23.2 Å². The van der Waals surface area contributed by atoms with Crippen LogP contribution in [-0.2, 0) is 9.47 Å². The Labute approximate surface area is 110 Å². The Balaban J connectivity index is 3.67. The Bertz CT molecular complexity index is 150. The van der Waals surface area contributed by atoms with E-state index in [0.29, 0.717) is 25.0 Å². The zero-order valence-electron chi connectivity index (χ0n) is 10.4. The molecule has 0 bridgehead atoms. The molecule has 16 heavy (non-hydrogen) atoms. The zero-order chi connectivity index (χ0) is 12.3. The van der Waals surface area contributed by atoms with E-state index in [9.17, 15) is 0 Å². The summed E-state index contributed by atoms with van der Waals surface area (Å²) in [6, 6.07) is 0. The van der Waals surface area contributed by atoms with E-state index >= 15 is 0 Å². The summed E-state index contributed by atoms with van der Waals surface area (Å²) < 4.78 is 10.3. The molecular formula is C12H24Cl2O2. The number of methoxy groups -OCH3 is 1. The molecule has 0 fully saturated rings. The average Bonchev–Trinajstić information content (AvgIpc) is 2.32. The number of rotatable bonds is 11. The second-order valence-electron chi connectivity index (χ2n) is 4.23. The predicted molar refractivity (Wildman–Crippen MR) is 70.7 cm³/mol. The Kier molecular flexibility index (Phi) is 11.0. The highest BCUT2D eigenvalue weighted by atomic mass is 35.5. The van der Waals surface area contributed by atoms with Crippen LogP contribution in [0.1, 0.15) is 32.6 Å². The van der Waals surface area contributed by atoms with Crippen LogP contribution in [0.15, 0.2) is 0 Å². The van der Waals surface area contributed by atoms with Gasteiger partial charge in [0.15, 0.2) is 0 Å². The molecular weight excluding hydrogens is 247 g/mol. The van der Waals surface area contributed by atoms with E-state index < -0.39 is 0 Å². The molecule has 0 aliphatic heterocycles. The molecule has 0 amide bonds. The molecule has 2 nitrogen and oxygen atoms in total. The number of halogens is 2. The third-order valence-corrected chi connectivity index (χ3v) is 3.91. The molecule has 4 heteroatoms. The first-order chi connectivity index (χ1) is 7.74. The van der Waals surface area contributed by atoms with Crippen molar-refractivity contribution in [1.29, 1.82) is 0 Å². The minimum Gasteiger partial charge on any atom is -0.382 e. The highest BCUT2D eigenvalue weighted by Crippen LogP contribution is 2.32. The van der Waals surface area contributed by atoms with Gasteiger partial charge in [-0.25, -0.2) is 0 Å². The van der Waals surface area contributed by atoms with Crippen LogP contribution in [0.4, 0.5) is 0 Å². The Morgan fingerprint density at radius 3 is 2.19 bits per heavy atom. The molecule has 0 aliphatic carbocycles. The summed E-state index contributed by atoms with van der Waals surface area (Å²) in [6.07, 6.45) is 4.28. The lowest BCUT2D eigenvalue weighted by molar-refractivity contribution is 0.0648. The van der Waals surface area contributed by atoms with Gasteiger partial charge in [-0.1, -0.05) is 13.3 Å². The van der Waals surface area contributed by atoms with Crippen molar-refractivity contribution in [2.75, 3.05) is 38.7 Å². The predicted octanol–water partition coefficient (Wildman–Crippen LogP) is 3.69. The minimum atomic E-state index is 0.0997. The first-order valence-electron chi connectivity index (χ1n) is 5.93. The van der Waals surface area contributed by atoms with Gasteiger partial charge in [-0.3, -0.25) is 0 Å². The molecule has 0 aromatic rings. The lowest BCUT2D eigenvalue weighted by atomic mass is 9.83. The van der Waals surface area contributed by atoms with Gasteiger partial charge in [-0.05, 0) is 24.7 Å². The van der Waals surface area contributed by atoms with E-state index in [4.69, 9.17) is 32.7 Å². The van der Waals surface area contributed by atoms with Crippen LogP contribution in [0.3, 0.4) is 0 Å². The van der Waals surface area contributed by atoms with E-state index in [1.54, 1.807) is 7.11 Å². The van der Waals surface area contributed by atoms with Crippen molar-refractivity contribution in [1.82, 2.24) is 0 Å². The van der Waals surface area contributed by atoms with E-state index in [1.807, 2.05) is 0 Å². The second-order valence-corrected chi connectivity index (χ2v) is 4.76. The van der Waals surface area contributed by atoms with Crippen LogP contribution in [0.2, 0.25) is 0 Å². The fraction of sp³-hybridized carbons (Fsp3) is 1.00. The van der Waals surface area contributed by atoms with Crippen LogP contribution < -0.4 is 0 Å². The van der Waals surface area contributed by atoms with Gasteiger partial charge < -0.3 is 9.47 Å². The molecule has 0 radical (unpaired) electrons. The van der Waals surface area contributed by atoms with Crippen molar-refractivity contribution in [3.8, 4) is 0 Å². The molecule has 98 valence electrons. The molecule has 0 spiro atoms. The molecule has 0 aliphatic rings. The second kappa shape index (κ2) is 10.6. The van der Waals surface area contributed by atoms with Crippen molar-refractivity contribution in [2.24, 2.45) is 5.41 Å². The average molecular weight is 271 g/mol. The third-order valence-electron chi connectivity index (χ3n) is 2.77. The molecule has 0 aromatic carbocycles. The topological polar surface area (TPSA) is 18.5 Å². The lowest BCUT2D eigenvalue weighted by Gasteiger charge is -2.29. The van der Waals surface area contributed by atoms with E-state index in [2.05, 4.69) is 6.92 Å². The van der Waals surface area contributed by atoms with Crippen LogP contribution >= 0.6 is 23.2 Å². The zero-order valence-corrected chi connectivity index (χ0v) is 11.9. The Morgan fingerprint density at radius 2 is 1.69 bits per heavy atom. The van der Waals surface area contributed by atoms with Crippen LogP contribution in [0.5, 0.6) is 0 Å². The van der Waals surface area contributed by atoms with Gasteiger partial charge in [-0.2, -0.15) is 0 Å². The highest BCUT2D eigenvalue weighted by molar-refractivity contribution is 6.21. The van der Waals surface area contributed by atoms with Gasteiger partial charge in [0.05, 0.1) is 13.2 Å². The van der Waals surface area contributed by atoms with Gasteiger partial charge in [0.25, 0.3) is 0 Å². The van der Waals surface area contributed by atoms with Crippen molar-refractivity contribution >= 4 is 23.2 Å². The maximum Gasteiger partial charge on any atom is 0.0700 e. The van der Waals surface area contributed by atoms with Crippen molar-refractivity contribution in [3.05, 3.63) is 0 Å². The van der Waals surface area contributed by atoms with Gasteiger partial charge in [0.1, 0.15) is 0 Å². The number of ether oxygens (including phenoxy) is 2. The van der Waals surface area contributed by atoms with Crippen LogP contribution in [0, 0.1) is 5.41 Å². The summed E-state index contributed by atoms with van der Waals surface area (Å²) in [5.74, 6) is 1.28. The minimum absolute atomic E-state index is 0.0997. The maximum absolute atomic E-state index is 6.02. The molecule has 0 rings (SSSR count). The fourth-order valence-electron chi connectivity index (χ4n) is 1.75. The Morgan fingerprint density at radius 1 is 1.00 bits per heavy atom. The lowest BCUT2D eigenvalue weighted by Crippen LogP contribution is -2.25. The van der Waals surface area contributed by atoms with Gasteiger partial charge in [0, 0.05) is 25.5 Å². The fourth-order valence-corrected chi connectivity index (χ4v) is 2.57. The number of alkyl halides is 2. The number of hydrogen-bond acceptors (Lipinski definition) is 2. The molecule has 0 saturated carbocycles. The number of hydrogen-bond donors (Lipinski definition) is 0. The summed E-state index contributed by atoms with van der Waals surface area (Å²) >= 11 is 12.0. The molecule has 0 unspecified atom stereocenters. The molecule has 0 heterocycles. The van der Waals surface area contributed by atoms with E-state index in [0.717, 1.165) is 32.3 Å². The van der Waals surface area contributed by atoms with Crippen molar-refractivity contribution < 1.29 is 9.47 Å². The largest absolute Gasteiger partial charge is 0.382 e. The monoisotopic (exact) mass is 270 g/mol. The summed E-state index contributed by atoms with van der Waals surface area (Å²) in [7, 11) is 1.68. The summed E-state index contributed by atoms with van der Waals surface area (Å²) in [5.41, 5.74) is 0.0997. The van der Waals surface area contributed by atoms with Gasteiger partial charge in [0.2, 0.25) is 0 Å². The normalized spacial score (nSPS) is 12.0. The van der Waals surface area contributed by atoms with Crippen molar-refractivity contribution in [2.45, 2.75) is 32.6 Å². The first kappa shape index (κ1) is 16.5. The third kappa shape index (κ3) is 6.95. The highest BCUT2D eigenvalue weighted by Gasteiger charge is 2.26. The molecule has 0 aromatic heterocycles. The maximum atomic E-state index is 6.02. The smallest absolute Gasteiger partial charge is 0.0700 e.